The Labute approximate surface area is 233 Å². The topological polar surface area (TPSA) is 35.8 Å². The van der Waals surface area contributed by atoms with E-state index in [1.807, 2.05) is 18.2 Å². The zero-order valence-electron chi connectivity index (χ0n) is 21.4. The highest BCUT2D eigenvalue weighted by molar-refractivity contribution is 14.1. The van der Waals surface area contributed by atoms with Gasteiger partial charge in [-0.25, -0.2) is 4.98 Å². The van der Waals surface area contributed by atoms with Crippen LogP contribution in [0.25, 0.3) is 16.9 Å². The van der Waals surface area contributed by atoms with Gasteiger partial charge in [0.15, 0.2) is 0 Å². The van der Waals surface area contributed by atoms with Gasteiger partial charge < -0.3 is 13.6 Å². The molecule has 0 spiro atoms. The van der Waals surface area contributed by atoms with E-state index >= 15 is 0 Å². The number of fused-ring (bicyclic) bond motifs is 1. The summed E-state index contributed by atoms with van der Waals surface area (Å²) in [5.74, 6) is 0.815. The lowest BCUT2D eigenvalue weighted by molar-refractivity contribution is 0.208. The molecule has 3 aromatic carbocycles. The molecule has 0 fully saturated rings. The molecule has 188 valence electrons. The van der Waals surface area contributed by atoms with E-state index in [-0.39, 0.29) is 5.04 Å². The number of ether oxygens (including phenoxy) is 1. The SMILES string of the molecule is CC(C)(C)[Si](OCCOc1cccc(-c2cn3cc(I)ccc3n2)c1)(c1ccccc1)c1ccccc1. The minimum Gasteiger partial charge on any atom is -0.491 e. The van der Waals surface area contributed by atoms with Crippen molar-refractivity contribution in [2.24, 2.45) is 0 Å². The van der Waals surface area contributed by atoms with Crippen LogP contribution < -0.4 is 15.1 Å². The van der Waals surface area contributed by atoms with Crippen molar-refractivity contribution in [3.05, 3.63) is 113 Å². The van der Waals surface area contributed by atoms with Crippen molar-refractivity contribution in [2.75, 3.05) is 13.2 Å². The fourth-order valence-electron chi connectivity index (χ4n) is 4.96. The Hall–Kier alpha value is -2.94. The second kappa shape index (κ2) is 10.8. The molecule has 0 bridgehead atoms. The number of hydrogen-bond donors (Lipinski definition) is 0. The largest absolute Gasteiger partial charge is 0.491 e. The maximum Gasteiger partial charge on any atom is 0.261 e. The first-order valence-electron chi connectivity index (χ1n) is 12.5. The van der Waals surface area contributed by atoms with Gasteiger partial charge in [-0.1, -0.05) is 93.6 Å². The normalized spacial score (nSPS) is 12.1. The summed E-state index contributed by atoms with van der Waals surface area (Å²) in [6.45, 7) is 7.85. The van der Waals surface area contributed by atoms with Gasteiger partial charge in [0, 0.05) is 21.5 Å². The number of imidazole rings is 1. The lowest BCUT2D eigenvalue weighted by Gasteiger charge is -2.43. The van der Waals surface area contributed by atoms with Crippen LogP contribution in [0.2, 0.25) is 5.04 Å². The summed E-state index contributed by atoms with van der Waals surface area (Å²) in [6, 6.07) is 33.6. The molecule has 0 saturated heterocycles. The molecular formula is C31H31IN2O2Si. The van der Waals surface area contributed by atoms with Crippen molar-refractivity contribution in [3.63, 3.8) is 0 Å². The summed E-state index contributed by atoms with van der Waals surface area (Å²) in [7, 11) is -2.57. The Balaban J connectivity index is 1.35. The Bertz CT molecular complexity index is 1440. The average molecular weight is 619 g/mol. The van der Waals surface area contributed by atoms with Gasteiger partial charge in [0.2, 0.25) is 0 Å². The predicted octanol–water partition coefficient (Wildman–Crippen LogP) is 6.56. The van der Waals surface area contributed by atoms with Crippen LogP contribution in [-0.4, -0.2) is 30.9 Å². The Morgan fingerprint density at radius 3 is 2.11 bits per heavy atom. The van der Waals surface area contributed by atoms with Crippen molar-refractivity contribution in [1.82, 2.24) is 9.38 Å². The van der Waals surface area contributed by atoms with Crippen molar-refractivity contribution >= 4 is 46.9 Å². The Morgan fingerprint density at radius 1 is 0.784 bits per heavy atom. The molecule has 0 atom stereocenters. The van der Waals surface area contributed by atoms with Gasteiger partial charge in [0.05, 0.1) is 12.3 Å². The number of benzene rings is 3. The van der Waals surface area contributed by atoms with Crippen LogP contribution >= 0.6 is 22.6 Å². The van der Waals surface area contributed by atoms with Crippen molar-refractivity contribution in [3.8, 4) is 17.0 Å². The van der Waals surface area contributed by atoms with Gasteiger partial charge in [-0.2, -0.15) is 0 Å². The van der Waals surface area contributed by atoms with Crippen LogP contribution in [0.4, 0.5) is 0 Å². The molecule has 0 amide bonds. The smallest absolute Gasteiger partial charge is 0.261 e. The van der Waals surface area contributed by atoms with Crippen molar-refractivity contribution < 1.29 is 9.16 Å². The van der Waals surface area contributed by atoms with Crippen LogP contribution in [0.15, 0.2) is 109 Å². The fourth-order valence-corrected chi connectivity index (χ4v) is 9.99. The molecule has 0 radical (unpaired) electrons. The number of hydrogen-bond acceptors (Lipinski definition) is 3. The monoisotopic (exact) mass is 618 g/mol. The minimum absolute atomic E-state index is 0.0590. The van der Waals surface area contributed by atoms with Crippen LogP contribution in [0.3, 0.4) is 0 Å². The van der Waals surface area contributed by atoms with E-state index < -0.39 is 8.32 Å². The molecular weight excluding hydrogens is 587 g/mol. The molecule has 2 aromatic heterocycles. The molecule has 0 saturated carbocycles. The highest BCUT2D eigenvalue weighted by Crippen LogP contribution is 2.36. The van der Waals surface area contributed by atoms with E-state index in [0.29, 0.717) is 13.2 Å². The maximum absolute atomic E-state index is 6.95. The molecule has 0 unspecified atom stereocenters. The zero-order valence-corrected chi connectivity index (χ0v) is 24.6. The molecule has 0 N–H and O–H groups in total. The predicted molar refractivity (Wildman–Crippen MR) is 162 cm³/mol. The molecule has 0 aliphatic carbocycles. The molecule has 0 aliphatic rings. The number of aromatic nitrogens is 2. The van der Waals surface area contributed by atoms with Gasteiger partial charge in [-0.15, -0.1) is 0 Å². The molecule has 5 rings (SSSR count). The van der Waals surface area contributed by atoms with E-state index in [4.69, 9.17) is 14.1 Å². The van der Waals surface area contributed by atoms with E-state index in [0.717, 1.165) is 22.7 Å². The average Bonchev–Trinajstić information content (AvgIpc) is 3.33. The first kappa shape index (κ1) is 25.7. The standard InChI is InChI=1S/C31H31IN2O2Si/c1-31(2,3)37(27-13-6-4-7-14-27,28-15-8-5-9-16-28)36-20-19-35-26-12-10-11-24(21-26)29-23-34-22-25(32)17-18-30(34)33-29/h4-18,21-23H,19-20H2,1-3H3. The van der Waals surface area contributed by atoms with Gasteiger partial charge in [-0.3, -0.25) is 0 Å². The van der Waals surface area contributed by atoms with Crippen LogP contribution in [0.1, 0.15) is 20.8 Å². The summed E-state index contributed by atoms with van der Waals surface area (Å²) in [5.41, 5.74) is 2.89. The molecule has 5 aromatic rings. The summed E-state index contributed by atoms with van der Waals surface area (Å²) in [6.07, 6.45) is 4.14. The number of rotatable bonds is 8. The zero-order chi connectivity index (χ0) is 25.9. The second-order valence-corrected chi connectivity index (χ2v) is 15.7. The van der Waals surface area contributed by atoms with Gasteiger partial charge in [0.1, 0.15) is 18.0 Å². The third-order valence-corrected chi connectivity index (χ3v) is 12.3. The maximum atomic E-state index is 6.95. The van der Waals surface area contributed by atoms with E-state index in [9.17, 15) is 0 Å². The summed E-state index contributed by atoms with van der Waals surface area (Å²) in [5, 5.41) is 2.49. The quantitative estimate of drug-likeness (QED) is 0.112. The first-order valence-corrected chi connectivity index (χ1v) is 15.5. The van der Waals surface area contributed by atoms with Gasteiger partial charge in [-0.05, 0) is 62.3 Å². The van der Waals surface area contributed by atoms with Crippen LogP contribution in [0, 0.1) is 3.57 Å². The molecule has 37 heavy (non-hydrogen) atoms. The molecule has 6 heteroatoms. The highest BCUT2D eigenvalue weighted by Gasteiger charge is 2.50. The lowest BCUT2D eigenvalue weighted by atomic mass is 10.1. The molecule has 0 aliphatic heterocycles. The lowest BCUT2D eigenvalue weighted by Crippen LogP contribution is -2.66. The highest BCUT2D eigenvalue weighted by atomic mass is 127. The molecule has 4 nitrogen and oxygen atoms in total. The minimum atomic E-state index is -2.57. The van der Waals surface area contributed by atoms with E-state index in [1.165, 1.54) is 13.9 Å². The summed E-state index contributed by atoms with van der Waals surface area (Å²) in [4.78, 5) is 4.77. The number of halogens is 1. The number of pyridine rings is 1. The Kier molecular flexibility index (Phi) is 7.51. The second-order valence-electron chi connectivity index (χ2n) is 10.1. The van der Waals surface area contributed by atoms with Crippen LogP contribution in [-0.2, 0) is 4.43 Å². The van der Waals surface area contributed by atoms with Gasteiger partial charge >= 0.3 is 0 Å². The summed E-state index contributed by atoms with van der Waals surface area (Å²) < 4.78 is 16.4. The van der Waals surface area contributed by atoms with Gasteiger partial charge in [0.25, 0.3) is 8.32 Å². The summed E-state index contributed by atoms with van der Waals surface area (Å²) >= 11 is 2.32. The van der Waals surface area contributed by atoms with Crippen molar-refractivity contribution in [1.29, 1.82) is 0 Å². The first-order chi connectivity index (χ1) is 17.9. The fraction of sp³-hybridized carbons (Fsp3) is 0.194. The van der Waals surface area contributed by atoms with E-state index in [2.05, 4.69) is 139 Å². The van der Waals surface area contributed by atoms with E-state index in [1.54, 1.807) is 0 Å². The third-order valence-electron chi connectivity index (χ3n) is 6.63. The van der Waals surface area contributed by atoms with Crippen molar-refractivity contribution in [2.45, 2.75) is 25.8 Å². The van der Waals surface area contributed by atoms with Crippen LogP contribution in [0.5, 0.6) is 5.75 Å². The molecule has 2 heterocycles. The third kappa shape index (κ3) is 5.37. The number of nitrogens with zero attached hydrogens (tertiary/aromatic N) is 2. The Morgan fingerprint density at radius 2 is 1.46 bits per heavy atom.